The number of ether oxygens (including phenoxy) is 1. The van der Waals surface area contributed by atoms with E-state index in [0.717, 1.165) is 0 Å². The van der Waals surface area contributed by atoms with Crippen LogP contribution in [0.4, 0.5) is 4.79 Å². The number of carbonyl (C=O) groups excluding carboxylic acids is 1. The lowest BCUT2D eigenvalue weighted by Gasteiger charge is -2.19. The van der Waals surface area contributed by atoms with E-state index in [1.807, 2.05) is 5.32 Å². The van der Waals surface area contributed by atoms with Gasteiger partial charge in [0.2, 0.25) is 3.79 Å². The van der Waals surface area contributed by atoms with E-state index < -0.39 is 22.2 Å². The molecule has 0 aromatic carbocycles. The molecule has 2 atom stereocenters. The van der Waals surface area contributed by atoms with Gasteiger partial charge in [-0.3, -0.25) is 5.32 Å². The Morgan fingerprint density at radius 1 is 1.55 bits per heavy atom. The molecule has 11 heavy (non-hydrogen) atoms. The molecule has 7 heteroatoms. The summed E-state index contributed by atoms with van der Waals surface area (Å²) < 4.78 is 2.64. The Bertz CT molecular complexity index is 180. The fourth-order valence-corrected chi connectivity index (χ4v) is 1.15. The lowest BCUT2D eigenvalue weighted by Crippen LogP contribution is -2.39. The number of nitrogens with one attached hydrogen (secondary N) is 1. The van der Waals surface area contributed by atoms with E-state index in [-0.39, 0.29) is 0 Å². The van der Waals surface area contributed by atoms with Crippen LogP contribution in [0.5, 0.6) is 0 Å². The van der Waals surface area contributed by atoms with Crippen molar-refractivity contribution in [3.05, 3.63) is 0 Å². The molecule has 1 rings (SSSR count). The van der Waals surface area contributed by atoms with Crippen LogP contribution in [0, 0.1) is 0 Å². The highest BCUT2D eigenvalue weighted by atomic mass is 35.6. The molecule has 0 saturated carbocycles. The maximum absolute atomic E-state index is 10.4. The van der Waals surface area contributed by atoms with Crippen molar-refractivity contribution in [1.29, 1.82) is 0 Å². The summed E-state index contributed by atoms with van der Waals surface area (Å²) in [5.74, 6) is 0. The molecular weight excluding hydrogens is 216 g/mol. The normalized spacial score (nSPS) is 31.5. The van der Waals surface area contributed by atoms with Gasteiger partial charge in [0.05, 0.1) is 0 Å². The second-order valence-electron chi connectivity index (χ2n) is 1.96. The topological polar surface area (TPSA) is 58.6 Å². The molecule has 1 saturated heterocycles. The van der Waals surface area contributed by atoms with Crippen LogP contribution in [0.25, 0.3) is 0 Å². The average molecular weight is 220 g/mol. The Morgan fingerprint density at radius 2 is 2.09 bits per heavy atom. The summed E-state index contributed by atoms with van der Waals surface area (Å²) in [6, 6.07) is 0. The number of aliphatic hydroxyl groups excluding tert-OH is 1. The van der Waals surface area contributed by atoms with Gasteiger partial charge in [0.1, 0.15) is 0 Å². The van der Waals surface area contributed by atoms with Crippen molar-refractivity contribution in [3.63, 3.8) is 0 Å². The molecule has 1 aliphatic heterocycles. The highest BCUT2D eigenvalue weighted by Gasteiger charge is 2.46. The lowest BCUT2D eigenvalue weighted by molar-refractivity contribution is 0.0592. The Hall–Kier alpha value is 0.1000. The number of cyclic esters (lactones) is 1. The number of alkyl halides is 3. The first-order valence-electron chi connectivity index (χ1n) is 2.63. The van der Waals surface area contributed by atoms with Crippen molar-refractivity contribution >= 4 is 40.9 Å². The van der Waals surface area contributed by atoms with Gasteiger partial charge >= 0.3 is 6.09 Å². The molecule has 1 amide bonds. The standard InChI is InChI=1S/C4H4Cl3NO3/c5-4(6,7)1-2(9)8-3(10)11-1/h1-2,9H,(H,8,10)/t1-,2+/m1/s1. The highest BCUT2D eigenvalue weighted by molar-refractivity contribution is 6.68. The highest BCUT2D eigenvalue weighted by Crippen LogP contribution is 2.35. The Morgan fingerprint density at radius 3 is 2.27 bits per heavy atom. The van der Waals surface area contributed by atoms with Crippen LogP contribution in [0.1, 0.15) is 0 Å². The van der Waals surface area contributed by atoms with Gasteiger partial charge in [-0.1, -0.05) is 34.8 Å². The molecule has 2 N–H and O–H groups in total. The number of aliphatic hydroxyl groups is 1. The molecule has 0 radical (unpaired) electrons. The maximum atomic E-state index is 10.4. The Kier molecular flexibility index (Phi) is 2.39. The minimum atomic E-state index is -1.81. The molecule has 1 heterocycles. The van der Waals surface area contributed by atoms with E-state index in [4.69, 9.17) is 39.9 Å². The first kappa shape index (κ1) is 9.19. The minimum Gasteiger partial charge on any atom is -0.437 e. The first-order chi connectivity index (χ1) is 4.91. The number of alkyl carbamates (subject to hydrolysis) is 1. The molecule has 0 aliphatic carbocycles. The second-order valence-corrected chi connectivity index (χ2v) is 4.33. The van der Waals surface area contributed by atoms with E-state index in [2.05, 4.69) is 4.74 Å². The number of hydrogen-bond acceptors (Lipinski definition) is 3. The van der Waals surface area contributed by atoms with Crippen LogP contribution in [0.2, 0.25) is 0 Å². The number of hydrogen-bond donors (Lipinski definition) is 2. The summed E-state index contributed by atoms with van der Waals surface area (Å²) in [5, 5.41) is 11.0. The SMILES string of the molecule is O=C1N[C@@H](O)[C@H](C(Cl)(Cl)Cl)O1. The number of rotatable bonds is 0. The van der Waals surface area contributed by atoms with Crippen LogP contribution in [0.15, 0.2) is 0 Å². The summed E-state index contributed by atoms with van der Waals surface area (Å²) in [7, 11) is 0. The van der Waals surface area contributed by atoms with Gasteiger partial charge in [0.25, 0.3) is 0 Å². The van der Waals surface area contributed by atoms with Crippen molar-refractivity contribution < 1.29 is 14.6 Å². The fraction of sp³-hybridized carbons (Fsp3) is 0.750. The molecular formula is C4H4Cl3NO3. The van der Waals surface area contributed by atoms with Crippen molar-refractivity contribution in [3.8, 4) is 0 Å². The Labute approximate surface area is 77.4 Å². The first-order valence-corrected chi connectivity index (χ1v) is 3.76. The molecule has 1 aliphatic rings. The maximum Gasteiger partial charge on any atom is 0.409 e. The lowest BCUT2D eigenvalue weighted by atomic mass is 10.4. The van der Waals surface area contributed by atoms with Crippen molar-refractivity contribution in [2.45, 2.75) is 16.1 Å². The number of halogens is 3. The van der Waals surface area contributed by atoms with E-state index >= 15 is 0 Å². The molecule has 0 aromatic heterocycles. The van der Waals surface area contributed by atoms with Gasteiger partial charge in [-0.05, 0) is 0 Å². The third-order valence-corrected chi connectivity index (χ3v) is 1.75. The Balaban J connectivity index is 2.67. The van der Waals surface area contributed by atoms with Crippen LogP contribution in [-0.4, -0.2) is 27.3 Å². The molecule has 64 valence electrons. The van der Waals surface area contributed by atoms with Gasteiger partial charge in [-0.15, -0.1) is 0 Å². The van der Waals surface area contributed by atoms with Gasteiger partial charge < -0.3 is 9.84 Å². The fourth-order valence-electron chi connectivity index (χ4n) is 0.656. The summed E-state index contributed by atoms with van der Waals surface area (Å²) in [5.41, 5.74) is 0. The summed E-state index contributed by atoms with van der Waals surface area (Å²) in [6.07, 6.45) is -3.22. The van der Waals surface area contributed by atoms with E-state index in [9.17, 15) is 4.79 Å². The smallest absolute Gasteiger partial charge is 0.409 e. The van der Waals surface area contributed by atoms with Crippen LogP contribution in [0.3, 0.4) is 0 Å². The number of amides is 1. The third-order valence-electron chi connectivity index (χ3n) is 1.11. The minimum absolute atomic E-state index is 0.797. The average Bonchev–Trinajstić information content (AvgIpc) is 2.08. The zero-order valence-corrected chi connectivity index (χ0v) is 7.32. The number of carbonyl (C=O) groups is 1. The van der Waals surface area contributed by atoms with Crippen LogP contribution >= 0.6 is 34.8 Å². The molecule has 4 nitrogen and oxygen atoms in total. The van der Waals surface area contributed by atoms with Crippen molar-refractivity contribution in [2.24, 2.45) is 0 Å². The second kappa shape index (κ2) is 2.86. The van der Waals surface area contributed by atoms with Gasteiger partial charge in [0, 0.05) is 0 Å². The van der Waals surface area contributed by atoms with Gasteiger partial charge in [0.15, 0.2) is 12.3 Å². The van der Waals surface area contributed by atoms with E-state index in [1.54, 1.807) is 0 Å². The zero-order chi connectivity index (χ0) is 8.65. The summed E-state index contributed by atoms with van der Waals surface area (Å²) in [4.78, 5) is 10.4. The van der Waals surface area contributed by atoms with Gasteiger partial charge in [-0.25, -0.2) is 4.79 Å². The van der Waals surface area contributed by atoms with E-state index in [0.29, 0.717) is 0 Å². The molecule has 0 bridgehead atoms. The monoisotopic (exact) mass is 219 g/mol. The quantitative estimate of drug-likeness (QED) is 0.593. The predicted octanol–water partition coefficient (Wildman–Crippen LogP) is 0.783. The largest absolute Gasteiger partial charge is 0.437 e. The third kappa shape index (κ3) is 2.02. The van der Waals surface area contributed by atoms with Crippen molar-refractivity contribution in [2.75, 3.05) is 0 Å². The molecule has 0 spiro atoms. The predicted molar refractivity (Wildman–Crippen MR) is 39.7 cm³/mol. The molecule has 0 unspecified atom stereocenters. The van der Waals surface area contributed by atoms with Crippen molar-refractivity contribution in [1.82, 2.24) is 5.32 Å². The zero-order valence-electron chi connectivity index (χ0n) is 5.05. The molecule has 1 fully saturated rings. The summed E-state index contributed by atoms with van der Waals surface area (Å²) >= 11 is 16.1. The van der Waals surface area contributed by atoms with Crippen LogP contribution in [-0.2, 0) is 4.74 Å². The summed E-state index contributed by atoms with van der Waals surface area (Å²) in [6.45, 7) is 0. The van der Waals surface area contributed by atoms with Gasteiger partial charge in [-0.2, -0.15) is 0 Å². The van der Waals surface area contributed by atoms with Crippen LogP contribution < -0.4 is 5.32 Å². The molecule has 0 aromatic rings. The van der Waals surface area contributed by atoms with E-state index in [1.165, 1.54) is 0 Å².